The quantitative estimate of drug-likeness (QED) is 0.549. The third-order valence-electron chi connectivity index (χ3n) is 2.63. The van der Waals surface area contributed by atoms with Gasteiger partial charge in [-0.3, -0.25) is 0 Å². The molecule has 2 heteroatoms. The van der Waals surface area contributed by atoms with Crippen LogP contribution in [0.5, 0.6) is 0 Å². The van der Waals surface area contributed by atoms with E-state index in [9.17, 15) is 0 Å². The number of benzene rings is 1. The van der Waals surface area contributed by atoms with Crippen LogP contribution in [0.15, 0.2) is 36.9 Å². The van der Waals surface area contributed by atoms with Gasteiger partial charge >= 0.3 is 0 Å². The Balaban J connectivity index is 2.68. The molecular weight excluding hydrogens is 218 g/mol. The van der Waals surface area contributed by atoms with E-state index in [0.717, 1.165) is 30.8 Å². The Labute approximate surface area is 104 Å². The van der Waals surface area contributed by atoms with Gasteiger partial charge in [0.15, 0.2) is 0 Å². The maximum Gasteiger partial charge on any atom is 0.0453 e. The van der Waals surface area contributed by atoms with Gasteiger partial charge in [0, 0.05) is 11.1 Å². The summed E-state index contributed by atoms with van der Waals surface area (Å²) >= 11 is 6.21. The van der Waals surface area contributed by atoms with Crippen LogP contribution >= 0.6 is 11.6 Å². The summed E-state index contributed by atoms with van der Waals surface area (Å²) in [7, 11) is 0. The first-order chi connectivity index (χ1) is 7.79. The summed E-state index contributed by atoms with van der Waals surface area (Å²) in [4.78, 5) is 0. The molecule has 0 fully saturated rings. The lowest BCUT2D eigenvalue weighted by Crippen LogP contribution is -2.21. The Morgan fingerprint density at radius 1 is 1.44 bits per heavy atom. The SMILES string of the molecule is C=CCCCC(NCC)c1ccccc1Cl. The normalized spacial score (nSPS) is 12.4. The highest BCUT2D eigenvalue weighted by Crippen LogP contribution is 2.26. The molecule has 16 heavy (non-hydrogen) atoms. The van der Waals surface area contributed by atoms with Crippen molar-refractivity contribution >= 4 is 11.6 Å². The Morgan fingerprint density at radius 2 is 2.19 bits per heavy atom. The van der Waals surface area contributed by atoms with Gasteiger partial charge in [-0.1, -0.05) is 42.8 Å². The van der Waals surface area contributed by atoms with Crippen LogP contribution in [0.25, 0.3) is 0 Å². The van der Waals surface area contributed by atoms with Gasteiger partial charge in [-0.05, 0) is 37.4 Å². The zero-order chi connectivity index (χ0) is 11.8. The molecule has 1 aromatic carbocycles. The van der Waals surface area contributed by atoms with Crippen molar-refractivity contribution in [3.63, 3.8) is 0 Å². The Bertz CT molecular complexity index is 322. The highest BCUT2D eigenvalue weighted by molar-refractivity contribution is 6.31. The molecule has 0 saturated carbocycles. The van der Waals surface area contributed by atoms with Gasteiger partial charge in [0.05, 0.1) is 0 Å². The molecule has 1 atom stereocenters. The molecule has 1 aromatic rings. The lowest BCUT2D eigenvalue weighted by Gasteiger charge is -2.19. The minimum Gasteiger partial charge on any atom is -0.310 e. The van der Waals surface area contributed by atoms with E-state index in [-0.39, 0.29) is 0 Å². The topological polar surface area (TPSA) is 12.0 Å². The van der Waals surface area contributed by atoms with Crippen molar-refractivity contribution in [3.8, 4) is 0 Å². The summed E-state index contributed by atoms with van der Waals surface area (Å²) in [6, 6.07) is 8.43. The lowest BCUT2D eigenvalue weighted by molar-refractivity contribution is 0.500. The second kappa shape index (κ2) is 7.48. The summed E-state index contributed by atoms with van der Waals surface area (Å²) in [6.07, 6.45) is 5.28. The van der Waals surface area contributed by atoms with E-state index >= 15 is 0 Å². The van der Waals surface area contributed by atoms with E-state index in [1.807, 2.05) is 24.3 Å². The van der Waals surface area contributed by atoms with Gasteiger partial charge in [0.25, 0.3) is 0 Å². The fourth-order valence-corrected chi connectivity index (χ4v) is 2.11. The molecule has 88 valence electrons. The lowest BCUT2D eigenvalue weighted by atomic mass is 10.0. The van der Waals surface area contributed by atoms with Crippen LogP contribution in [0.1, 0.15) is 37.8 Å². The van der Waals surface area contributed by atoms with Crippen molar-refractivity contribution < 1.29 is 0 Å². The summed E-state index contributed by atoms with van der Waals surface area (Å²) in [5.41, 5.74) is 1.20. The number of nitrogens with one attached hydrogen (secondary N) is 1. The Morgan fingerprint density at radius 3 is 2.81 bits per heavy atom. The first-order valence-corrected chi connectivity index (χ1v) is 6.26. The summed E-state index contributed by atoms with van der Waals surface area (Å²) < 4.78 is 0. The van der Waals surface area contributed by atoms with Crippen LogP contribution in [-0.2, 0) is 0 Å². The predicted molar refractivity (Wildman–Crippen MR) is 71.9 cm³/mol. The molecule has 0 aromatic heterocycles. The minimum atomic E-state index is 0.360. The predicted octanol–water partition coefficient (Wildman–Crippen LogP) is 4.35. The monoisotopic (exact) mass is 237 g/mol. The van der Waals surface area contributed by atoms with Gasteiger partial charge in [-0.25, -0.2) is 0 Å². The number of unbranched alkanes of at least 4 members (excludes halogenated alkanes) is 1. The first-order valence-electron chi connectivity index (χ1n) is 5.88. The average Bonchev–Trinajstić information content (AvgIpc) is 2.29. The molecule has 0 bridgehead atoms. The number of hydrogen-bond donors (Lipinski definition) is 1. The molecule has 0 radical (unpaired) electrons. The molecule has 1 unspecified atom stereocenters. The highest BCUT2D eigenvalue weighted by Gasteiger charge is 2.12. The van der Waals surface area contributed by atoms with Gasteiger partial charge in [0.2, 0.25) is 0 Å². The average molecular weight is 238 g/mol. The number of hydrogen-bond acceptors (Lipinski definition) is 1. The second-order valence-electron chi connectivity index (χ2n) is 3.85. The molecule has 0 saturated heterocycles. The van der Waals surface area contributed by atoms with E-state index in [4.69, 9.17) is 11.6 Å². The number of halogens is 1. The largest absolute Gasteiger partial charge is 0.310 e. The number of rotatable bonds is 7. The fraction of sp³-hybridized carbons (Fsp3) is 0.429. The first kappa shape index (κ1) is 13.3. The number of allylic oxidation sites excluding steroid dienone is 1. The van der Waals surface area contributed by atoms with Gasteiger partial charge in [0.1, 0.15) is 0 Å². The van der Waals surface area contributed by atoms with E-state index in [1.54, 1.807) is 0 Å². The van der Waals surface area contributed by atoms with Crippen molar-refractivity contribution in [2.24, 2.45) is 0 Å². The molecule has 0 aliphatic heterocycles. The zero-order valence-electron chi connectivity index (χ0n) is 9.88. The molecule has 0 aliphatic carbocycles. The van der Waals surface area contributed by atoms with Crippen molar-refractivity contribution in [2.75, 3.05) is 6.54 Å². The third kappa shape index (κ3) is 3.99. The van der Waals surface area contributed by atoms with E-state index < -0.39 is 0 Å². The Kier molecular flexibility index (Phi) is 6.20. The van der Waals surface area contributed by atoms with E-state index in [2.05, 4.69) is 24.9 Å². The fourth-order valence-electron chi connectivity index (χ4n) is 1.84. The van der Waals surface area contributed by atoms with Gasteiger partial charge < -0.3 is 5.32 Å². The molecule has 0 spiro atoms. The van der Waals surface area contributed by atoms with E-state index in [0.29, 0.717) is 6.04 Å². The van der Waals surface area contributed by atoms with Crippen LogP contribution in [0, 0.1) is 0 Å². The standard InChI is InChI=1S/C14H20ClN/c1-3-5-6-11-14(16-4-2)12-9-7-8-10-13(12)15/h3,7-10,14,16H,1,4-6,11H2,2H3. The summed E-state index contributed by atoms with van der Waals surface area (Å²) in [5, 5.41) is 4.33. The summed E-state index contributed by atoms with van der Waals surface area (Å²) in [5.74, 6) is 0. The van der Waals surface area contributed by atoms with Crippen LogP contribution in [0.4, 0.5) is 0 Å². The second-order valence-corrected chi connectivity index (χ2v) is 4.26. The summed E-state index contributed by atoms with van der Waals surface area (Å²) in [6.45, 7) is 6.83. The maximum absolute atomic E-state index is 6.21. The molecule has 1 nitrogen and oxygen atoms in total. The molecule has 0 amide bonds. The minimum absolute atomic E-state index is 0.360. The van der Waals surface area contributed by atoms with Crippen molar-refractivity contribution in [1.82, 2.24) is 5.32 Å². The van der Waals surface area contributed by atoms with Crippen LogP contribution < -0.4 is 5.32 Å². The molecule has 1 rings (SSSR count). The maximum atomic E-state index is 6.21. The van der Waals surface area contributed by atoms with Crippen molar-refractivity contribution in [1.29, 1.82) is 0 Å². The highest BCUT2D eigenvalue weighted by atomic mass is 35.5. The van der Waals surface area contributed by atoms with Crippen LogP contribution in [-0.4, -0.2) is 6.54 Å². The van der Waals surface area contributed by atoms with Crippen LogP contribution in [0.2, 0.25) is 5.02 Å². The molecule has 0 aliphatic rings. The molecule has 0 heterocycles. The van der Waals surface area contributed by atoms with Crippen LogP contribution in [0.3, 0.4) is 0 Å². The molecular formula is C14H20ClN. The zero-order valence-corrected chi connectivity index (χ0v) is 10.6. The Hall–Kier alpha value is -0.790. The van der Waals surface area contributed by atoms with Crippen molar-refractivity contribution in [2.45, 2.75) is 32.2 Å². The smallest absolute Gasteiger partial charge is 0.0453 e. The van der Waals surface area contributed by atoms with Gasteiger partial charge in [-0.15, -0.1) is 6.58 Å². The van der Waals surface area contributed by atoms with Crippen molar-refractivity contribution in [3.05, 3.63) is 47.5 Å². The van der Waals surface area contributed by atoms with Gasteiger partial charge in [-0.2, -0.15) is 0 Å². The van der Waals surface area contributed by atoms with E-state index in [1.165, 1.54) is 5.56 Å². The molecule has 1 N–H and O–H groups in total. The third-order valence-corrected chi connectivity index (χ3v) is 2.98.